The zero-order chi connectivity index (χ0) is 10.3. The Morgan fingerprint density at radius 1 is 1.50 bits per heavy atom. The van der Waals surface area contributed by atoms with Crippen molar-refractivity contribution in [1.29, 1.82) is 0 Å². The van der Waals surface area contributed by atoms with Gasteiger partial charge in [-0.15, -0.1) is 0 Å². The van der Waals surface area contributed by atoms with Gasteiger partial charge in [-0.1, -0.05) is 26.7 Å². The maximum Gasteiger partial charge on any atom is 1.00 e. The molecule has 0 fully saturated rings. The van der Waals surface area contributed by atoms with Crippen molar-refractivity contribution >= 4 is 5.97 Å². The van der Waals surface area contributed by atoms with Crippen molar-refractivity contribution in [3.05, 3.63) is 0 Å². The maximum absolute atomic E-state index is 10.3. The standard InChI is InChI=1S/C10H21NO2.Na/c1-3-4-8(2)5-9(7-11)6-10(12)13;/h8-9H,3-7,11H2,1-2H3,(H,12,13);/q;+1/p-1/t8-,9?;/m1./s1. The molecule has 0 heterocycles. The Bertz CT molecular complexity index is 153. The van der Waals surface area contributed by atoms with Crippen LogP contribution in [-0.2, 0) is 4.79 Å². The number of carbonyl (C=O) groups is 1. The van der Waals surface area contributed by atoms with Crippen LogP contribution in [-0.4, -0.2) is 12.5 Å². The Balaban J connectivity index is 0. The normalized spacial score (nSPS) is 14.2. The molecule has 0 bridgehead atoms. The van der Waals surface area contributed by atoms with E-state index < -0.39 is 5.97 Å². The van der Waals surface area contributed by atoms with Crippen molar-refractivity contribution in [2.45, 2.75) is 39.5 Å². The Morgan fingerprint density at radius 3 is 2.43 bits per heavy atom. The van der Waals surface area contributed by atoms with E-state index in [1.807, 2.05) is 0 Å². The first-order valence-corrected chi connectivity index (χ1v) is 5.00. The van der Waals surface area contributed by atoms with Crippen molar-refractivity contribution in [2.24, 2.45) is 17.6 Å². The minimum atomic E-state index is -0.987. The largest absolute Gasteiger partial charge is 1.00 e. The van der Waals surface area contributed by atoms with Gasteiger partial charge in [0.2, 0.25) is 0 Å². The van der Waals surface area contributed by atoms with Gasteiger partial charge in [0, 0.05) is 5.97 Å². The van der Waals surface area contributed by atoms with E-state index in [2.05, 4.69) is 13.8 Å². The average molecular weight is 209 g/mol. The number of aliphatic carboxylic acids is 1. The number of carboxylic acid groups (broad SMARTS) is 1. The number of carboxylic acids is 1. The van der Waals surface area contributed by atoms with Gasteiger partial charge in [0.05, 0.1) is 0 Å². The molecule has 0 amide bonds. The fourth-order valence-corrected chi connectivity index (χ4v) is 1.68. The molecular weight excluding hydrogens is 189 g/mol. The van der Waals surface area contributed by atoms with Gasteiger partial charge in [0.15, 0.2) is 0 Å². The first-order chi connectivity index (χ1) is 6.10. The number of hydrogen-bond donors (Lipinski definition) is 1. The summed E-state index contributed by atoms with van der Waals surface area (Å²) in [5, 5.41) is 10.3. The predicted octanol–water partition coefficient (Wildman–Crippen LogP) is -2.47. The van der Waals surface area contributed by atoms with Crippen molar-refractivity contribution in [1.82, 2.24) is 0 Å². The van der Waals surface area contributed by atoms with Crippen LogP contribution < -0.4 is 40.4 Å². The average Bonchev–Trinajstić information content (AvgIpc) is 2.02. The molecule has 0 aliphatic rings. The van der Waals surface area contributed by atoms with Crippen LogP contribution in [0.15, 0.2) is 0 Å². The molecule has 3 nitrogen and oxygen atoms in total. The quantitative estimate of drug-likeness (QED) is 0.473. The van der Waals surface area contributed by atoms with E-state index in [0.29, 0.717) is 12.5 Å². The summed E-state index contributed by atoms with van der Waals surface area (Å²) >= 11 is 0. The summed E-state index contributed by atoms with van der Waals surface area (Å²) in [7, 11) is 0. The van der Waals surface area contributed by atoms with E-state index in [-0.39, 0.29) is 41.9 Å². The van der Waals surface area contributed by atoms with E-state index >= 15 is 0 Å². The van der Waals surface area contributed by atoms with E-state index in [0.717, 1.165) is 19.3 Å². The van der Waals surface area contributed by atoms with E-state index in [4.69, 9.17) is 5.73 Å². The zero-order valence-electron chi connectivity index (χ0n) is 9.58. The third-order valence-electron chi connectivity index (χ3n) is 2.31. The van der Waals surface area contributed by atoms with E-state index in [1.165, 1.54) is 0 Å². The van der Waals surface area contributed by atoms with Crippen molar-refractivity contribution in [2.75, 3.05) is 6.54 Å². The van der Waals surface area contributed by atoms with Crippen LogP contribution in [0.1, 0.15) is 39.5 Å². The second-order valence-electron chi connectivity index (χ2n) is 3.81. The van der Waals surface area contributed by atoms with Crippen molar-refractivity contribution < 1.29 is 39.5 Å². The Morgan fingerprint density at radius 2 is 2.07 bits per heavy atom. The van der Waals surface area contributed by atoms with Gasteiger partial charge in [-0.3, -0.25) is 0 Å². The Labute approximate surface area is 109 Å². The second kappa shape index (κ2) is 9.97. The minimum absolute atomic E-state index is 0. The van der Waals surface area contributed by atoms with Crippen LogP contribution in [0.4, 0.5) is 0 Å². The molecule has 0 radical (unpaired) electrons. The molecule has 0 rings (SSSR count). The molecule has 14 heavy (non-hydrogen) atoms. The first kappa shape index (κ1) is 16.8. The molecule has 2 atom stereocenters. The van der Waals surface area contributed by atoms with Crippen LogP contribution in [0.5, 0.6) is 0 Å². The van der Waals surface area contributed by atoms with Crippen molar-refractivity contribution in [3.63, 3.8) is 0 Å². The number of hydrogen-bond acceptors (Lipinski definition) is 3. The third kappa shape index (κ3) is 9.00. The summed E-state index contributed by atoms with van der Waals surface area (Å²) in [5.41, 5.74) is 5.47. The third-order valence-corrected chi connectivity index (χ3v) is 2.31. The molecule has 0 saturated heterocycles. The van der Waals surface area contributed by atoms with Gasteiger partial charge >= 0.3 is 29.6 Å². The summed E-state index contributed by atoms with van der Waals surface area (Å²) in [6.45, 7) is 4.72. The molecule has 78 valence electrons. The zero-order valence-corrected chi connectivity index (χ0v) is 11.6. The smallest absolute Gasteiger partial charge is 0.550 e. The summed E-state index contributed by atoms with van der Waals surface area (Å²) in [6.07, 6.45) is 3.29. The SMILES string of the molecule is CCC[C@@H](C)CC(CN)CC(=O)[O-].[Na+]. The van der Waals surface area contributed by atoms with Crippen LogP contribution in [0.3, 0.4) is 0 Å². The summed E-state index contributed by atoms with van der Waals surface area (Å²) in [5.74, 6) is -0.330. The van der Waals surface area contributed by atoms with Crippen LogP contribution in [0.2, 0.25) is 0 Å². The molecule has 1 unspecified atom stereocenters. The van der Waals surface area contributed by atoms with Gasteiger partial charge in [0.25, 0.3) is 0 Å². The van der Waals surface area contributed by atoms with Gasteiger partial charge in [-0.05, 0) is 31.2 Å². The number of carbonyl (C=O) groups excluding carboxylic acids is 1. The van der Waals surface area contributed by atoms with Crippen LogP contribution in [0, 0.1) is 11.8 Å². The molecule has 4 heteroatoms. The first-order valence-electron chi connectivity index (χ1n) is 5.00. The molecule has 0 aromatic heterocycles. The second-order valence-corrected chi connectivity index (χ2v) is 3.81. The molecular formula is C10H20NNaO2. The molecule has 0 saturated carbocycles. The van der Waals surface area contributed by atoms with E-state index in [1.54, 1.807) is 0 Å². The predicted molar refractivity (Wildman–Crippen MR) is 50.9 cm³/mol. The van der Waals surface area contributed by atoms with Crippen LogP contribution >= 0.6 is 0 Å². The summed E-state index contributed by atoms with van der Waals surface area (Å²) in [4.78, 5) is 10.3. The topological polar surface area (TPSA) is 66.2 Å². The van der Waals surface area contributed by atoms with Gasteiger partial charge in [-0.25, -0.2) is 0 Å². The van der Waals surface area contributed by atoms with E-state index in [9.17, 15) is 9.90 Å². The minimum Gasteiger partial charge on any atom is -0.550 e. The summed E-state index contributed by atoms with van der Waals surface area (Å²) in [6, 6.07) is 0. The molecule has 0 aromatic rings. The Hall–Kier alpha value is 0.430. The monoisotopic (exact) mass is 209 g/mol. The summed E-state index contributed by atoms with van der Waals surface area (Å²) < 4.78 is 0. The Kier molecular flexibility index (Phi) is 12.0. The number of nitrogens with two attached hydrogens (primary N) is 1. The maximum atomic E-state index is 10.3. The fraction of sp³-hybridized carbons (Fsp3) is 0.900. The van der Waals surface area contributed by atoms with Crippen LogP contribution in [0.25, 0.3) is 0 Å². The molecule has 0 spiro atoms. The fourth-order valence-electron chi connectivity index (χ4n) is 1.68. The molecule has 0 aliphatic heterocycles. The van der Waals surface area contributed by atoms with Crippen molar-refractivity contribution in [3.8, 4) is 0 Å². The van der Waals surface area contributed by atoms with Gasteiger partial charge < -0.3 is 15.6 Å². The number of rotatable bonds is 7. The molecule has 0 aliphatic carbocycles. The molecule has 0 aromatic carbocycles. The van der Waals surface area contributed by atoms with Gasteiger partial charge in [-0.2, -0.15) is 0 Å². The molecule has 2 N–H and O–H groups in total. The van der Waals surface area contributed by atoms with Gasteiger partial charge in [0.1, 0.15) is 0 Å².